The van der Waals surface area contributed by atoms with Gasteiger partial charge >= 0.3 is 6.03 Å². The lowest BCUT2D eigenvalue weighted by molar-refractivity contribution is 0.153. The zero-order chi connectivity index (χ0) is 14.2. The molecular weight excluding hydrogens is 252 g/mol. The molecule has 1 saturated heterocycles. The van der Waals surface area contributed by atoms with Crippen molar-refractivity contribution in [3.8, 4) is 0 Å². The van der Waals surface area contributed by atoms with Gasteiger partial charge in [-0.2, -0.15) is 0 Å². The van der Waals surface area contributed by atoms with Gasteiger partial charge in [-0.05, 0) is 43.6 Å². The Morgan fingerprint density at radius 1 is 1.35 bits per heavy atom. The van der Waals surface area contributed by atoms with Crippen molar-refractivity contribution in [2.75, 3.05) is 19.6 Å². The van der Waals surface area contributed by atoms with Crippen LogP contribution in [0.4, 0.5) is 4.79 Å². The molecule has 5 heteroatoms. The molecule has 0 bridgehead atoms. The Kier molecular flexibility index (Phi) is 5.80. The Morgan fingerprint density at radius 3 is 2.90 bits per heavy atom. The van der Waals surface area contributed by atoms with Crippen molar-refractivity contribution in [2.24, 2.45) is 0 Å². The number of likely N-dealkylation sites (N-methyl/N-ethyl adjacent to an activating group) is 1. The zero-order valence-corrected chi connectivity index (χ0v) is 12.1. The average Bonchev–Trinajstić information content (AvgIpc) is 2.52. The first-order valence-corrected chi connectivity index (χ1v) is 7.44. The molecule has 2 rings (SSSR count). The van der Waals surface area contributed by atoms with Gasteiger partial charge in [-0.1, -0.05) is 13.3 Å². The van der Waals surface area contributed by atoms with Gasteiger partial charge in [-0.3, -0.25) is 9.88 Å². The van der Waals surface area contributed by atoms with E-state index in [2.05, 4.69) is 27.4 Å². The van der Waals surface area contributed by atoms with Gasteiger partial charge in [0.25, 0.3) is 0 Å². The highest BCUT2D eigenvalue weighted by molar-refractivity contribution is 5.73. The number of rotatable bonds is 5. The number of amides is 2. The minimum atomic E-state index is -0.0940. The Morgan fingerprint density at radius 2 is 2.15 bits per heavy atom. The van der Waals surface area contributed by atoms with E-state index in [0.717, 1.165) is 25.2 Å². The van der Waals surface area contributed by atoms with Crippen LogP contribution >= 0.6 is 0 Å². The number of piperidine rings is 1. The molecule has 2 N–H and O–H groups in total. The van der Waals surface area contributed by atoms with Crippen LogP contribution in [-0.2, 0) is 6.54 Å². The number of carbonyl (C=O) groups is 1. The second-order valence-corrected chi connectivity index (χ2v) is 5.20. The maximum absolute atomic E-state index is 11.8. The molecular formula is C15H24N4O. The monoisotopic (exact) mass is 276 g/mol. The van der Waals surface area contributed by atoms with Crippen molar-refractivity contribution in [3.05, 3.63) is 30.1 Å². The summed E-state index contributed by atoms with van der Waals surface area (Å²) in [4.78, 5) is 18.2. The summed E-state index contributed by atoms with van der Waals surface area (Å²) >= 11 is 0. The van der Waals surface area contributed by atoms with E-state index in [1.807, 2.05) is 12.1 Å². The van der Waals surface area contributed by atoms with Crippen LogP contribution in [0.5, 0.6) is 0 Å². The molecule has 2 heterocycles. The second-order valence-electron chi connectivity index (χ2n) is 5.20. The smallest absolute Gasteiger partial charge is 0.315 e. The van der Waals surface area contributed by atoms with Gasteiger partial charge < -0.3 is 10.6 Å². The molecule has 1 aromatic heterocycles. The third-order valence-electron chi connectivity index (χ3n) is 3.86. The molecule has 0 saturated carbocycles. The van der Waals surface area contributed by atoms with Crippen LogP contribution in [0.2, 0.25) is 0 Å². The lowest BCUT2D eigenvalue weighted by atomic mass is 10.0. The van der Waals surface area contributed by atoms with E-state index in [1.165, 1.54) is 19.3 Å². The molecule has 1 aromatic rings. The summed E-state index contributed by atoms with van der Waals surface area (Å²) in [6.07, 6.45) is 7.19. The summed E-state index contributed by atoms with van der Waals surface area (Å²) < 4.78 is 0. The van der Waals surface area contributed by atoms with Gasteiger partial charge in [0.05, 0.1) is 0 Å². The number of urea groups is 1. The highest BCUT2D eigenvalue weighted by atomic mass is 16.2. The van der Waals surface area contributed by atoms with Crippen LogP contribution in [0.25, 0.3) is 0 Å². The fourth-order valence-corrected chi connectivity index (χ4v) is 2.66. The largest absolute Gasteiger partial charge is 0.337 e. The van der Waals surface area contributed by atoms with E-state index in [0.29, 0.717) is 12.6 Å². The van der Waals surface area contributed by atoms with Crippen molar-refractivity contribution in [2.45, 2.75) is 38.8 Å². The number of likely N-dealkylation sites (tertiary alicyclic amines) is 1. The van der Waals surface area contributed by atoms with Crippen molar-refractivity contribution in [1.82, 2.24) is 20.5 Å². The Balaban J connectivity index is 1.69. The molecule has 1 atom stereocenters. The van der Waals surface area contributed by atoms with Crippen LogP contribution in [-0.4, -0.2) is 41.6 Å². The number of nitrogens with one attached hydrogen (secondary N) is 2. The van der Waals surface area contributed by atoms with E-state index in [1.54, 1.807) is 12.4 Å². The Bertz CT molecular complexity index is 410. The van der Waals surface area contributed by atoms with Crippen LogP contribution in [0.1, 0.15) is 31.7 Å². The van der Waals surface area contributed by atoms with Crippen molar-refractivity contribution < 1.29 is 4.79 Å². The predicted octanol–water partition coefficient (Wildman–Crippen LogP) is 1.76. The minimum Gasteiger partial charge on any atom is -0.337 e. The van der Waals surface area contributed by atoms with E-state index < -0.39 is 0 Å². The molecule has 5 nitrogen and oxygen atoms in total. The average molecular weight is 276 g/mol. The van der Waals surface area contributed by atoms with Crippen LogP contribution in [0.15, 0.2) is 24.5 Å². The van der Waals surface area contributed by atoms with Gasteiger partial charge in [-0.25, -0.2) is 4.79 Å². The summed E-state index contributed by atoms with van der Waals surface area (Å²) in [7, 11) is 0. The molecule has 20 heavy (non-hydrogen) atoms. The molecule has 2 amide bonds. The quantitative estimate of drug-likeness (QED) is 0.861. The van der Waals surface area contributed by atoms with Gasteiger partial charge in [0.1, 0.15) is 0 Å². The van der Waals surface area contributed by atoms with Crippen LogP contribution in [0, 0.1) is 0 Å². The highest BCUT2D eigenvalue weighted by Gasteiger charge is 2.20. The first-order valence-electron chi connectivity index (χ1n) is 7.44. The van der Waals surface area contributed by atoms with Crippen molar-refractivity contribution >= 4 is 6.03 Å². The lowest BCUT2D eigenvalue weighted by Crippen LogP contribution is -2.48. The SMILES string of the molecule is CCN1CCCC[C@@H]1CNC(=O)NCc1ccncc1. The third kappa shape index (κ3) is 4.49. The van der Waals surface area contributed by atoms with Crippen LogP contribution in [0.3, 0.4) is 0 Å². The van der Waals surface area contributed by atoms with Gasteiger partial charge in [0.15, 0.2) is 0 Å². The third-order valence-corrected chi connectivity index (χ3v) is 3.86. The topological polar surface area (TPSA) is 57.3 Å². The summed E-state index contributed by atoms with van der Waals surface area (Å²) in [5.74, 6) is 0. The standard InChI is InChI=1S/C15H24N4O/c1-2-19-10-4-3-5-14(19)12-18-15(20)17-11-13-6-8-16-9-7-13/h6-9,14H,2-5,10-12H2,1H3,(H2,17,18,20)/t14-/m1/s1. The fourth-order valence-electron chi connectivity index (χ4n) is 2.66. The number of hydrogen-bond donors (Lipinski definition) is 2. The fraction of sp³-hybridized carbons (Fsp3) is 0.600. The summed E-state index contributed by atoms with van der Waals surface area (Å²) in [5.41, 5.74) is 1.06. The first kappa shape index (κ1) is 14.8. The van der Waals surface area contributed by atoms with Gasteiger partial charge in [-0.15, -0.1) is 0 Å². The number of aromatic nitrogens is 1. The molecule has 110 valence electrons. The molecule has 0 spiro atoms. The number of nitrogens with zero attached hydrogens (tertiary/aromatic N) is 2. The van der Waals surface area contributed by atoms with Gasteiger partial charge in [0.2, 0.25) is 0 Å². The van der Waals surface area contributed by atoms with E-state index in [4.69, 9.17) is 0 Å². The molecule has 1 aliphatic rings. The zero-order valence-electron chi connectivity index (χ0n) is 12.1. The highest BCUT2D eigenvalue weighted by Crippen LogP contribution is 2.15. The minimum absolute atomic E-state index is 0.0940. The van der Waals surface area contributed by atoms with Crippen molar-refractivity contribution in [1.29, 1.82) is 0 Å². The first-order chi connectivity index (χ1) is 9.79. The summed E-state index contributed by atoms with van der Waals surface area (Å²) in [6, 6.07) is 4.20. The van der Waals surface area contributed by atoms with Gasteiger partial charge in [0, 0.05) is 31.5 Å². The normalized spacial score (nSPS) is 19.6. The van der Waals surface area contributed by atoms with E-state index >= 15 is 0 Å². The number of hydrogen-bond acceptors (Lipinski definition) is 3. The van der Waals surface area contributed by atoms with E-state index in [9.17, 15) is 4.79 Å². The number of carbonyl (C=O) groups excluding carboxylic acids is 1. The summed E-state index contributed by atoms with van der Waals surface area (Å²) in [5, 5.41) is 5.85. The lowest BCUT2D eigenvalue weighted by Gasteiger charge is -2.34. The maximum Gasteiger partial charge on any atom is 0.315 e. The molecule has 0 aliphatic carbocycles. The molecule has 0 unspecified atom stereocenters. The predicted molar refractivity (Wildman–Crippen MR) is 79.4 cm³/mol. The second kappa shape index (κ2) is 7.85. The number of pyridine rings is 1. The molecule has 1 aliphatic heterocycles. The van der Waals surface area contributed by atoms with Crippen molar-refractivity contribution in [3.63, 3.8) is 0 Å². The summed E-state index contributed by atoms with van der Waals surface area (Å²) in [6.45, 7) is 5.67. The molecule has 0 aromatic carbocycles. The van der Waals surface area contributed by atoms with Crippen LogP contribution < -0.4 is 10.6 Å². The molecule has 0 radical (unpaired) electrons. The Labute approximate surface area is 120 Å². The van der Waals surface area contributed by atoms with E-state index in [-0.39, 0.29) is 6.03 Å². The Hall–Kier alpha value is -1.62. The maximum atomic E-state index is 11.8. The molecule has 1 fully saturated rings.